The Morgan fingerprint density at radius 3 is 2.67 bits per heavy atom. The summed E-state index contributed by atoms with van der Waals surface area (Å²) in [5.41, 5.74) is 0.0382. The minimum atomic E-state index is -1.03. The molecule has 1 amide bonds. The average Bonchev–Trinajstić information content (AvgIpc) is 2.49. The molecule has 0 radical (unpaired) electrons. The van der Waals surface area contributed by atoms with Crippen LogP contribution < -0.4 is 0 Å². The van der Waals surface area contributed by atoms with Crippen molar-refractivity contribution < 1.29 is 14.7 Å². The van der Waals surface area contributed by atoms with Gasteiger partial charge in [0.25, 0.3) is 0 Å². The number of likely N-dealkylation sites (tertiary alicyclic amines) is 1. The maximum atomic E-state index is 10.9. The number of carbonyl (C=O) groups excluding carboxylic acids is 1. The summed E-state index contributed by atoms with van der Waals surface area (Å²) in [6, 6.07) is 1.57. The number of aromatic nitrogens is 2. The molecule has 1 aromatic heterocycles. The lowest BCUT2D eigenvalue weighted by atomic mass is 10.1. The maximum absolute atomic E-state index is 10.9. The number of nitrogens with zero attached hydrogens (tertiary/aromatic N) is 3. The van der Waals surface area contributed by atoms with Crippen LogP contribution in [-0.2, 0) is 4.79 Å². The Balaban J connectivity index is 2.01. The summed E-state index contributed by atoms with van der Waals surface area (Å²) >= 11 is 0. The molecule has 0 atom stereocenters. The van der Waals surface area contributed by atoms with Crippen LogP contribution in [0.2, 0.25) is 0 Å². The largest absolute Gasteiger partial charge is 0.476 e. The molecule has 1 aliphatic heterocycles. The summed E-state index contributed by atoms with van der Waals surface area (Å²) < 4.78 is 1.60. The SMILES string of the molecule is CC(=O)N1CC(n2ccc(C(=O)O)n2)C1. The van der Waals surface area contributed by atoms with Crippen molar-refractivity contribution >= 4 is 11.9 Å². The Labute approximate surface area is 86.1 Å². The van der Waals surface area contributed by atoms with Crippen LogP contribution in [0.4, 0.5) is 0 Å². The van der Waals surface area contributed by atoms with E-state index in [1.165, 1.54) is 13.0 Å². The first-order valence-electron chi connectivity index (χ1n) is 4.62. The van der Waals surface area contributed by atoms with Gasteiger partial charge in [0.2, 0.25) is 5.91 Å². The van der Waals surface area contributed by atoms with Crippen LogP contribution in [0.25, 0.3) is 0 Å². The molecule has 1 saturated heterocycles. The Morgan fingerprint density at radius 1 is 1.53 bits per heavy atom. The third-order valence-electron chi connectivity index (χ3n) is 2.51. The lowest BCUT2D eigenvalue weighted by Gasteiger charge is -2.38. The number of carboxylic acid groups (broad SMARTS) is 1. The van der Waals surface area contributed by atoms with Gasteiger partial charge < -0.3 is 10.0 Å². The Morgan fingerprint density at radius 2 is 2.20 bits per heavy atom. The van der Waals surface area contributed by atoms with Crippen LogP contribution in [0.3, 0.4) is 0 Å². The van der Waals surface area contributed by atoms with E-state index >= 15 is 0 Å². The number of carbonyl (C=O) groups is 2. The van der Waals surface area contributed by atoms with Gasteiger partial charge in [0.15, 0.2) is 5.69 Å². The van der Waals surface area contributed by atoms with E-state index in [-0.39, 0.29) is 17.6 Å². The first-order chi connectivity index (χ1) is 7.08. The van der Waals surface area contributed by atoms with Crippen LogP contribution in [0.5, 0.6) is 0 Å². The van der Waals surface area contributed by atoms with E-state index in [2.05, 4.69) is 5.10 Å². The number of hydrogen-bond donors (Lipinski definition) is 1. The molecule has 0 bridgehead atoms. The van der Waals surface area contributed by atoms with Crippen LogP contribution in [0, 0.1) is 0 Å². The minimum Gasteiger partial charge on any atom is -0.476 e. The molecule has 15 heavy (non-hydrogen) atoms. The summed E-state index contributed by atoms with van der Waals surface area (Å²) in [6.45, 7) is 2.73. The molecule has 0 saturated carbocycles. The van der Waals surface area contributed by atoms with E-state index in [1.54, 1.807) is 15.8 Å². The van der Waals surface area contributed by atoms with E-state index in [9.17, 15) is 9.59 Å². The molecule has 6 heteroatoms. The third kappa shape index (κ3) is 1.70. The quantitative estimate of drug-likeness (QED) is 0.743. The molecular weight excluding hydrogens is 198 g/mol. The van der Waals surface area contributed by atoms with Crippen molar-refractivity contribution in [1.29, 1.82) is 0 Å². The molecule has 0 aliphatic carbocycles. The van der Waals surface area contributed by atoms with Crippen molar-refractivity contribution in [3.05, 3.63) is 18.0 Å². The highest BCUT2D eigenvalue weighted by molar-refractivity contribution is 5.85. The smallest absolute Gasteiger partial charge is 0.356 e. The summed E-state index contributed by atoms with van der Waals surface area (Å²) in [7, 11) is 0. The summed E-state index contributed by atoms with van der Waals surface area (Å²) in [5.74, 6) is -0.992. The normalized spacial score (nSPS) is 16.2. The van der Waals surface area contributed by atoms with Crippen LogP contribution >= 0.6 is 0 Å². The monoisotopic (exact) mass is 209 g/mol. The Bertz CT molecular complexity index is 406. The van der Waals surface area contributed by atoms with Crippen LogP contribution in [0.15, 0.2) is 12.3 Å². The summed E-state index contributed by atoms with van der Waals surface area (Å²) in [4.78, 5) is 23.2. The number of amides is 1. The fourth-order valence-electron chi connectivity index (χ4n) is 1.54. The van der Waals surface area contributed by atoms with Crippen molar-refractivity contribution in [2.75, 3.05) is 13.1 Å². The lowest BCUT2D eigenvalue weighted by Crippen LogP contribution is -2.50. The third-order valence-corrected chi connectivity index (χ3v) is 2.51. The highest BCUT2D eigenvalue weighted by atomic mass is 16.4. The molecular formula is C9H11N3O3. The summed E-state index contributed by atoms with van der Waals surface area (Å²) in [6.07, 6.45) is 1.63. The Hall–Kier alpha value is -1.85. The van der Waals surface area contributed by atoms with E-state index in [4.69, 9.17) is 5.11 Å². The van der Waals surface area contributed by atoms with Gasteiger partial charge in [-0.05, 0) is 6.07 Å². The maximum Gasteiger partial charge on any atom is 0.356 e. The van der Waals surface area contributed by atoms with Crippen molar-refractivity contribution in [3.8, 4) is 0 Å². The highest BCUT2D eigenvalue weighted by Gasteiger charge is 2.30. The van der Waals surface area contributed by atoms with Gasteiger partial charge in [-0.15, -0.1) is 0 Å². The molecule has 0 unspecified atom stereocenters. The van der Waals surface area contributed by atoms with Gasteiger partial charge in [0.05, 0.1) is 6.04 Å². The topological polar surface area (TPSA) is 75.4 Å². The van der Waals surface area contributed by atoms with E-state index in [0.29, 0.717) is 13.1 Å². The van der Waals surface area contributed by atoms with E-state index < -0.39 is 5.97 Å². The van der Waals surface area contributed by atoms with Gasteiger partial charge in [-0.1, -0.05) is 0 Å². The molecule has 1 aromatic rings. The van der Waals surface area contributed by atoms with Gasteiger partial charge in [-0.25, -0.2) is 4.79 Å². The zero-order valence-corrected chi connectivity index (χ0v) is 8.25. The fraction of sp³-hybridized carbons (Fsp3) is 0.444. The molecule has 2 heterocycles. The molecule has 1 N–H and O–H groups in total. The van der Waals surface area contributed by atoms with Crippen molar-refractivity contribution in [1.82, 2.24) is 14.7 Å². The van der Waals surface area contributed by atoms with E-state index in [0.717, 1.165) is 0 Å². The zero-order chi connectivity index (χ0) is 11.0. The minimum absolute atomic E-state index is 0.0382. The number of carboxylic acids is 1. The summed E-state index contributed by atoms with van der Waals surface area (Å²) in [5, 5.41) is 12.6. The van der Waals surface area contributed by atoms with Gasteiger partial charge >= 0.3 is 5.97 Å². The van der Waals surface area contributed by atoms with Crippen molar-refractivity contribution in [2.45, 2.75) is 13.0 Å². The first kappa shape index (κ1) is 9.70. The highest BCUT2D eigenvalue weighted by Crippen LogP contribution is 2.20. The van der Waals surface area contributed by atoms with Gasteiger partial charge in [0.1, 0.15) is 0 Å². The second-order valence-electron chi connectivity index (χ2n) is 3.56. The van der Waals surface area contributed by atoms with Gasteiger partial charge in [-0.3, -0.25) is 9.48 Å². The number of rotatable bonds is 2. The first-order valence-corrected chi connectivity index (χ1v) is 4.62. The lowest BCUT2D eigenvalue weighted by molar-refractivity contribution is -0.134. The number of aromatic carboxylic acids is 1. The van der Waals surface area contributed by atoms with Gasteiger partial charge in [-0.2, -0.15) is 5.10 Å². The molecule has 2 rings (SSSR count). The molecule has 1 aliphatic rings. The molecule has 0 spiro atoms. The Kier molecular flexibility index (Phi) is 2.18. The zero-order valence-electron chi connectivity index (χ0n) is 8.25. The predicted octanol–water partition coefficient (Wildman–Crippen LogP) is -0.0155. The van der Waals surface area contributed by atoms with E-state index in [1.807, 2.05) is 0 Å². The average molecular weight is 209 g/mol. The number of hydrogen-bond acceptors (Lipinski definition) is 3. The molecule has 6 nitrogen and oxygen atoms in total. The second-order valence-corrected chi connectivity index (χ2v) is 3.56. The van der Waals surface area contributed by atoms with Crippen LogP contribution in [0.1, 0.15) is 23.5 Å². The van der Waals surface area contributed by atoms with Gasteiger partial charge in [0, 0.05) is 26.2 Å². The van der Waals surface area contributed by atoms with Crippen LogP contribution in [-0.4, -0.2) is 44.8 Å². The molecule has 1 fully saturated rings. The van der Waals surface area contributed by atoms with Crippen molar-refractivity contribution in [2.24, 2.45) is 0 Å². The predicted molar refractivity (Wildman–Crippen MR) is 50.5 cm³/mol. The molecule has 0 aromatic carbocycles. The standard InChI is InChI=1S/C9H11N3O3/c1-6(13)11-4-7(5-11)12-3-2-8(10-12)9(14)15/h2-3,7H,4-5H2,1H3,(H,14,15). The fourth-order valence-corrected chi connectivity index (χ4v) is 1.54. The van der Waals surface area contributed by atoms with Crippen molar-refractivity contribution in [3.63, 3.8) is 0 Å². The molecule has 80 valence electrons. The second kappa shape index (κ2) is 3.38.